The van der Waals surface area contributed by atoms with Crippen LogP contribution in [0.5, 0.6) is 0 Å². The predicted molar refractivity (Wildman–Crippen MR) is 153 cm³/mol. The Morgan fingerprint density at radius 2 is 1.73 bits per heavy atom. The minimum absolute atomic E-state index is 0.183. The van der Waals surface area contributed by atoms with Crippen LogP contribution < -0.4 is 16.2 Å². The lowest BCUT2D eigenvalue weighted by Gasteiger charge is -2.21. The number of hydrogen-bond donors (Lipinski definition) is 2. The Morgan fingerprint density at radius 3 is 2.35 bits per heavy atom. The lowest BCUT2D eigenvalue weighted by Crippen LogP contribution is -2.33. The van der Waals surface area contributed by atoms with Gasteiger partial charge in [0.1, 0.15) is 5.01 Å². The number of rotatable bonds is 9. The van der Waals surface area contributed by atoms with Crippen molar-refractivity contribution in [3.63, 3.8) is 0 Å². The van der Waals surface area contributed by atoms with Crippen molar-refractivity contribution >= 4 is 28.8 Å². The SMILES string of the molecule is CCc1cccc(CC)c1-n1c(C)c(C(=O)NCCNC)cc(-c2nc(-c3ccc(Cl)cc3)cs2)c1=O. The van der Waals surface area contributed by atoms with Crippen LogP contribution in [-0.2, 0) is 12.8 Å². The molecule has 37 heavy (non-hydrogen) atoms. The molecule has 2 aromatic carbocycles. The van der Waals surface area contributed by atoms with Gasteiger partial charge in [-0.05, 0) is 56.1 Å². The molecule has 6 nitrogen and oxygen atoms in total. The van der Waals surface area contributed by atoms with E-state index in [1.807, 2.05) is 61.8 Å². The number of nitrogens with one attached hydrogen (secondary N) is 2. The van der Waals surface area contributed by atoms with Crippen LogP contribution in [0.4, 0.5) is 0 Å². The molecule has 0 unspecified atom stereocenters. The Morgan fingerprint density at radius 1 is 1.05 bits per heavy atom. The van der Waals surface area contributed by atoms with Crippen LogP contribution >= 0.6 is 22.9 Å². The minimum atomic E-state index is -0.218. The third-order valence-corrected chi connectivity index (χ3v) is 7.54. The zero-order chi connectivity index (χ0) is 26.5. The molecule has 8 heteroatoms. The van der Waals surface area contributed by atoms with Crippen molar-refractivity contribution in [3.05, 3.63) is 91.7 Å². The van der Waals surface area contributed by atoms with E-state index in [1.54, 1.807) is 10.6 Å². The number of aryl methyl sites for hydroxylation is 2. The summed E-state index contributed by atoms with van der Waals surface area (Å²) >= 11 is 7.44. The summed E-state index contributed by atoms with van der Waals surface area (Å²) in [6.07, 6.45) is 1.53. The maximum atomic E-state index is 14.1. The fraction of sp³-hybridized carbons (Fsp3) is 0.276. The molecular formula is C29H31ClN4O2S. The summed E-state index contributed by atoms with van der Waals surface area (Å²) in [5.74, 6) is -0.218. The molecule has 0 aliphatic heterocycles. The van der Waals surface area contributed by atoms with E-state index < -0.39 is 0 Å². The second-order valence-electron chi connectivity index (χ2n) is 8.73. The Kier molecular flexibility index (Phi) is 8.59. The molecule has 0 spiro atoms. The number of amides is 1. The van der Waals surface area contributed by atoms with Crippen molar-refractivity contribution in [2.75, 3.05) is 20.1 Å². The second-order valence-corrected chi connectivity index (χ2v) is 10.0. The van der Waals surface area contributed by atoms with Crippen LogP contribution in [0, 0.1) is 6.92 Å². The first-order chi connectivity index (χ1) is 17.9. The third-order valence-electron chi connectivity index (χ3n) is 6.42. The summed E-state index contributed by atoms with van der Waals surface area (Å²) in [5.41, 5.74) is 5.94. The molecule has 0 atom stereocenters. The zero-order valence-corrected chi connectivity index (χ0v) is 23.1. The van der Waals surface area contributed by atoms with Crippen LogP contribution in [0.25, 0.3) is 27.5 Å². The van der Waals surface area contributed by atoms with Crippen LogP contribution in [0.3, 0.4) is 0 Å². The smallest absolute Gasteiger partial charge is 0.265 e. The van der Waals surface area contributed by atoms with Gasteiger partial charge in [-0.2, -0.15) is 0 Å². The number of aromatic nitrogens is 2. The largest absolute Gasteiger partial charge is 0.351 e. The van der Waals surface area contributed by atoms with Crippen molar-refractivity contribution in [3.8, 4) is 27.5 Å². The normalized spacial score (nSPS) is 11.1. The number of hydrogen-bond acceptors (Lipinski definition) is 5. The van der Waals surface area contributed by atoms with Gasteiger partial charge in [0, 0.05) is 34.7 Å². The quantitative estimate of drug-likeness (QED) is 0.271. The molecule has 0 saturated carbocycles. The average molecular weight is 535 g/mol. The third kappa shape index (κ3) is 5.54. The average Bonchev–Trinajstić information content (AvgIpc) is 3.39. The van der Waals surface area contributed by atoms with Gasteiger partial charge in [0.2, 0.25) is 0 Å². The Bertz CT molecular complexity index is 1450. The number of para-hydroxylation sites is 1. The van der Waals surface area contributed by atoms with Gasteiger partial charge in [0.05, 0.1) is 22.5 Å². The maximum absolute atomic E-state index is 14.1. The number of likely N-dealkylation sites (N-methyl/N-ethyl adjacent to an activating group) is 1. The highest BCUT2D eigenvalue weighted by Crippen LogP contribution is 2.30. The molecule has 0 saturated heterocycles. The van der Waals surface area contributed by atoms with Crippen molar-refractivity contribution in [2.45, 2.75) is 33.6 Å². The van der Waals surface area contributed by atoms with E-state index >= 15 is 0 Å². The van der Waals surface area contributed by atoms with Gasteiger partial charge in [0.25, 0.3) is 11.5 Å². The van der Waals surface area contributed by atoms with Gasteiger partial charge in [0.15, 0.2) is 0 Å². The van der Waals surface area contributed by atoms with E-state index in [0.717, 1.165) is 40.9 Å². The van der Waals surface area contributed by atoms with Crippen LogP contribution in [0.1, 0.15) is 41.0 Å². The molecule has 0 radical (unpaired) electrons. The van der Waals surface area contributed by atoms with Gasteiger partial charge in [-0.3, -0.25) is 14.2 Å². The molecule has 4 rings (SSSR count). The van der Waals surface area contributed by atoms with Crippen LogP contribution in [-0.4, -0.2) is 35.6 Å². The van der Waals surface area contributed by atoms with Gasteiger partial charge >= 0.3 is 0 Å². The highest BCUT2D eigenvalue weighted by molar-refractivity contribution is 7.13. The molecule has 0 aliphatic carbocycles. The topological polar surface area (TPSA) is 76.0 Å². The fourth-order valence-electron chi connectivity index (χ4n) is 4.41. The van der Waals surface area contributed by atoms with Crippen LogP contribution in [0.15, 0.2) is 58.7 Å². The van der Waals surface area contributed by atoms with E-state index in [4.69, 9.17) is 16.6 Å². The predicted octanol–water partition coefficient (Wildman–Crippen LogP) is 5.66. The van der Waals surface area contributed by atoms with Crippen molar-refractivity contribution in [1.29, 1.82) is 0 Å². The molecule has 192 valence electrons. The first-order valence-electron chi connectivity index (χ1n) is 12.4. The maximum Gasteiger partial charge on any atom is 0.265 e. The number of carbonyl (C=O) groups is 1. The lowest BCUT2D eigenvalue weighted by molar-refractivity contribution is 0.0953. The molecule has 0 bridgehead atoms. The van der Waals surface area contributed by atoms with Gasteiger partial charge in [-0.25, -0.2) is 4.98 Å². The Balaban J connectivity index is 1.94. The van der Waals surface area contributed by atoms with Crippen LogP contribution in [0.2, 0.25) is 5.02 Å². The van der Waals surface area contributed by atoms with Gasteiger partial charge in [-0.1, -0.05) is 55.8 Å². The highest BCUT2D eigenvalue weighted by atomic mass is 35.5. The Hall–Kier alpha value is -3.26. The molecule has 2 aromatic heterocycles. The molecule has 4 aromatic rings. The summed E-state index contributed by atoms with van der Waals surface area (Å²) in [6, 6.07) is 15.2. The molecule has 2 N–H and O–H groups in total. The molecule has 0 aliphatic rings. The molecule has 0 fully saturated rings. The summed E-state index contributed by atoms with van der Waals surface area (Å²) < 4.78 is 1.71. The van der Waals surface area contributed by atoms with Crippen molar-refractivity contribution in [2.24, 2.45) is 0 Å². The van der Waals surface area contributed by atoms with E-state index in [0.29, 0.717) is 39.9 Å². The lowest BCUT2D eigenvalue weighted by atomic mass is 10.0. The number of thiazole rings is 1. The van der Waals surface area contributed by atoms with Gasteiger partial charge < -0.3 is 10.6 Å². The standard InChI is InChI=1S/C29H31ClN4O2S/c1-5-19-8-7-9-20(6-2)26(19)34-18(3)23(27(35)32-15-14-31-4)16-24(29(34)36)28-33-25(17-37-28)21-10-12-22(30)13-11-21/h7-13,16-17,31H,5-6,14-15H2,1-4H3,(H,32,35). The molecule has 2 heterocycles. The second kappa shape index (κ2) is 11.9. The first-order valence-corrected chi connectivity index (χ1v) is 13.7. The zero-order valence-electron chi connectivity index (χ0n) is 21.5. The minimum Gasteiger partial charge on any atom is -0.351 e. The van der Waals surface area contributed by atoms with E-state index in [9.17, 15) is 9.59 Å². The summed E-state index contributed by atoms with van der Waals surface area (Å²) in [4.78, 5) is 32.2. The first kappa shape index (κ1) is 26.8. The summed E-state index contributed by atoms with van der Waals surface area (Å²) in [7, 11) is 1.84. The summed E-state index contributed by atoms with van der Waals surface area (Å²) in [5, 5.41) is 9.14. The number of halogens is 1. The number of benzene rings is 2. The summed E-state index contributed by atoms with van der Waals surface area (Å²) in [6.45, 7) is 7.12. The Labute approximate surface area is 226 Å². The van der Waals surface area contributed by atoms with E-state index in [-0.39, 0.29) is 11.5 Å². The van der Waals surface area contributed by atoms with E-state index in [1.165, 1.54) is 11.3 Å². The van der Waals surface area contributed by atoms with Crippen molar-refractivity contribution < 1.29 is 4.79 Å². The molecule has 1 amide bonds. The highest BCUT2D eigenvalue weighted by Gasteiger charge is 2.23. The van der Waals surface area contributed by atoms with Crippen molar-refractivity contribution in [1.82, 2.24) is 20.2 Å². The van der Waals surface area contributed by atoms with Gasteiger partial charge in [-0.15, -0.1) is 11.3 Å². The fourth-order valence-corrected chi connectivity index (χ4v) is 5.37. The number of nitrogens with zero attached hydrogens (tertiary/aromatic N) is 2. The van der Waals surface area contributed by atoms with E-state index in [2.05, 4.69) is 24.5 Å². The monoisotopic (exact) mass is 534 g/mol. The number of carbonyl (C=O) groups excluding carboxylic acids is 1. The number of pyridine rings is 1. The molecular weight excluding hydrogens is 504 g/mol.